The van der Waals surface area contributed by atoms with E-state index in [-0.39, 0.29) is 11.8 Å². The Morgan fingerprint density at radius 2 is 1.68 bits per heavy atom. The third-order valence-electron chi connectivity index (χ3n) is 3.93. The van der Waals surface area contributed by atoms with Crippen LogP contribution in [0, 0.1) is 0 Å². The summed E-state index contributed by atoms with van der Waals surface area (Å²) in [6.45, 7) is 2.46. The molecule has 3 nitrogen and oxygen atoms in total. The van der Waals surface area contributed by atoms with Crippen LogP contribution in [-0.4, -0.2) is 23.5 Å². The molecule has 2 aromatic rings. The number of carbonyl (C=O) groups excluding carboxylic acids is 1. The second-order valence-electron chi connectivity index (χ2n) is 5.94. The van der Waals surface area contributed by atoms with Crippen LogP contribution in [-0.2, 0) is 4.79 Å². The van der Waals surface area contributed by atoms with E-state index in [1.54, 1.807) is 12.2 Å². The molecule has 0 spiro atoms. The van der Waals surface area contributed by atoms with Crippen LogP contribution in [0.25, 0.3) is 6.08 Å². The lowest BCUT2D eigenvalue weighted by Gasteiger charge is -2.20. The Balaban J connectivity index is 1.69. The highest BCUT2D eigenvalue weighted by molar-refractivity contribution is 5.90. The van der Waals surface area contributed by atoms with Gasteiger partial charge in [-0.3, -0.25) is 4.79 Å². The van der Waals surface area contributed by atoms with E-state index in [0.29, 0.717) is 13.0 Å². The van der Waals surface area contributed by atoms with Gasteiger partial charge in [-0.1, -0.05) is 78.9 Å². The molecule has 2 rings (SSSR count). The van der Waals surface area contributed by atoms with Crippen LogP contribution in [0.3, 0.4) is 0 Å². The predicted octanol–water partition coefficient (Wildman–Crippen LogP) is 3.93. The maximum absolute atomic E-state index is 11.9. The molecule has 0 radical (unpaired) electrons. The molecular formula is C22H25NO2. The van der Waals surface area contributed by atoms with Crippen LogP contribution in [0.2, 0.25) is 0 Å². The lowest BCUT2D eigenvalue weighted by Crippen LogP contribution is -2.33. The van der Waals surface area contributed by atoms with E-state index in [2.05, 4.69) is 5.32 Å². The highest BCUT2D eigenvalue weighted by Crippen LogP contribution is 2.15. The Kier molecular flexibility index (Phi) is 7.83. The molecule has 0 saturated carbocycles. The summed E-state index contributed by atoms with van der Waals surface area (Å²) < 4.78 is 0. The number of ketones is 1. The number of nitrogens with one attached hydrogen (secondary N) is 1. The summed E-state index contributed by atoms with van der Waals surface area (Å²) in [7, 11) is 0. The van der Waals surface area contributed by atoms with Gasteiger partial charge in [0, 0.05) is 19.0 Å². The van der Waals surface area contributed by atoms with Gasteiger partial charge in [-0.05, 0) is 24.1 Å². The van der Waals surface area contributed by atoms with Gasteiger partial charge in [-0.15, -0.1) is 0 Å². The van der Waals surface area contributed by atoms with Gasteiger partial charge in [0.1, 0.15) is 0 Å². The minimum Gasteiger partial charge on any atom is -0.387 e. The van der Waals surface area contributed by atoms with Gasteiger partial charge in [0.25, 0.3) is 0 Å². The second kappa shape index (κ2) is 10.4. The maximum Gasteiger partial charge on any atom is 0.156 e. The van der Waals surface area contributed by atoms with Crippen molar-refractivity contribution in [3.63, 3.8) is 0 Å². The average molecular weight is 335 g/mol. The highest BCUT2D eigenvalue weighted by Gasteiger charge is 2.15. The van der Waals surface area contributed by atoms with Crippen molar-refractivity contribution < 1.29 is 9.90 Å². The van der Waals surface area contributed by atoms with Crippen molar-refractivity contribution in [2.75, 3.05) is 6.54 Å². The smallest absolute Gasteiger partial charge is 0.156 e. The van der Waals surface area contributed by atoms with Gasteiger partial charge in [0.15, 0.2) is 5.78 Å². The number of aliphatic hydroxyl groups is 1. The number of rotatable bonds is 9. The summed E-state index contributed by atoms with van der Waals surface area (Å²) in [5.41, 5.74) is 1.98. The van der Waals surface area contributed by atoms with E-state index in [9.17, 15) is 9.90 Å². The van der Waals surface area contributed by atoms with Crippen molar-refractivity contribution in [3.8, 4) is 0 Å². The summed E-state index contributed by atoms with van der Waals surface area (Å²) in [6.07, 6.45) is 6.99. The maximum atomic E-state index is 11.9. The monoisotopic (exact) mass is 335 g/mol. The Hall–Kier alpha value is -2.49. The molecule has 0 fully saturated rings. The summed E-state index contributed by atoms with van der Waals surface area (Å²) in [5, 5.41) is 13.5. The third-order valence-corrected chi connectivity index (χ3v) is 3.93. The number of carbonyl (C=O) groups is 1. The van der Waals surface area contributed by atoms with Gasteiger partial charge >= 0.3 is 0 Å². The standard InChI is InChI=1S/C22H25NO2/c1-18(22(25)20-13-6-3-7-14-20)23-17-16-21(24)15-9-8-12-19-10-4-2-5-11-19/h2-15,18,22-23,25H,16-17H2,1H3/b12-8+,15-9+. The molecule has 0 aliphatic carbocycles. The molecule has 2 atom stereocenters. The Morgan fingerprint density at radius 1 is 1.04 bits per heavy atom. The number of hydrogen-bond acceptors (Lipinski definition) is 3. The summed E-state index contributed by atoms with van der Waals surface area (Å²) >= 11 is 0. The Labute approximate surface area is 149 Å². The molecule has 0 saturated heterocycles. The normalized spacial score (nSPS) is 14.0. The largest absolute Gasteiger partial charge is 0.387 e. The summed E-state index contributed by atoms with van der Waals surface area (Å²) in [6, 6.07) is 19.4. The molecule has 130 valence electrons. The van der Waals surface area contributed by atoms with Crippen LogP contribution < -0.4 is 5.32 Å². The number of hydrogen-bond donors (Lipinski definition) is 2. The second-order valence-corrected chi connectivity index (χ2v) is 5.94. The third kappa shape index (κ3) is 6.87. The minimum absolute atomic E-state index is 0.0617. The number of aliphatic hydroxyl groups excluding tert-OH is 1. The van der Waals surface area contributed by atoms with Gasteiger partial charge in [0.2, 0.25) is 0 Å². The molecule has 0 heterocycles. The van der Waals surface area contributed by atoms with E-state index in [1.807, 2.05) is 79.7 Å². The van der Waals surface area contributed by atoms with Gasteiger partial charge in [-0.25, -0.2) is 0 Å². The molecule has 0 aliphatic heterocycles. The Morgan fingerprint density at radius 3 is 2.36 bits per heavy atom. The van der Waals surface area contributed by atoms with Crippen LogP contribution in [0.1, 0.15) is 30.6 Å². The fourth-order valence-corrected chi connectivity index (χ4v) is 2.45. The number of allylic oxidation sites excluding steroid dienone is 3. The molecule has 3 heteroatoms. The molecule has 0 aromatic heterocycles. The lowest BCUT2D eigenvalue weighted by atomic mass is 10.0. The van der Waals surface area contributed by atoms with Crippen molar-refractivity contribution >= 4 is 11.9 Å². The molecular weight excluding hydrogens is 310 g/mol. The van der Waals surface area contributed by atoms with Crippen LogP contribution in [0.15, 0.2) is 78.9 Å². The lowest BCUT2D eigenvalue weighted by molar-refractivity contribution is -0.114. The molecule has 2 aromatic carbocycles. The Bertz CT molecular complexity index is 692. The van der Waals surface area contributed by atoms with Crippen LogP contribution >= 0.6 is 0 Å². The van der Waals surface area contributed by atoms with E-state index < -0.39 is 6.10 Å². The SMILES string of the molecule is CC(NCCC(=O)/C=C/C=C/c1ccccc1)C(O)c1ccccc1. The molecule has 0 amide bonds. The van der Waals surface area contributed by atoms with E-state index in [0.717, 1.165) is 11.1 Å². The highest BCUT2D eigenvalue weighted by atomic mass is 16.3. The first-order valence-electron chi connectivity index (χ1n) is 8.56. The van der Waals surface area contributed by atoms with E-state index >= 15 is 0 Å². The fraction of sp³-hybridized carbons (Fsp3) is 0.227. The van der Waals surface area contributed by atoms with Crippen LogP contribution in [0.5, 0.6) is 0 Å². The fourth-order valence-electron chi connectivity index (χ4n) is 2.45. The van der Waals surface area contributed by atoms with Gasteiger partial charge < -0.3 is 10.4 Å². The molecule has 2 N–H and O–H groups in total. The zero-order valence-corrected chi connectivity index (χ0v) is 14.5. The molecule has 0 aliphatic rings. The van der Waals surface area contributed by atoms with Crippen molar-refractivity contribution in [2.24, 2.45) is 0 Å². The van der Waals surface area contributed by atoms with Gasteiger partial charge in [0.05, 0.1) is 6.10 Å². The van der Waals surface area contributed by atoms with Crippen LogP contribution in [0.4, 0.5) is 0 Å². The summed E-state index contributed by atoms with van der Waals surface area (Å²) in [4.78, 5) is 11.9. The molecule has 25 heavy (non-hydrogen) atoms. The average Bonchev–Trinajstić information content (AvgIpc) is 2.66. The minimum atomic E-state index is -0.583. The number of benzene rings is 2. The zero-order chi connectivity index (χ0) is 17.9. The van der Waals surface area contributed by atoms with E-state index in [1.165, 1.54) is 0 Å². The first-order valence-corrected chi connectivity index (χ1v) is 8.56. The van der Waals surface area contributed by atoms with Crippen molar-refractivity contribution in [1.29, 1.82) is 0 Å². The van der Waals surface area contributed by atoms with Gasteiger partial charge in [-0.2, -0.15) is 0 Å². The first-order chi connectivity index (χ1) is 12.2. The first kappa shape index (κ1) is 18.8. The van der Waals surface area contributed by atoms with Crippen molar-refractivity contribution in [3.05, 3.63) is 90.0 Å². The van der Waals surface area contributed by atoms with E-state index in [4.69, 9.17) is 0 Å². The molecule has 2 unspecified atom stereocenters. The zero-order valence-electron chi connectivity index (χ0n) is 14.5. The predicted molar refractivity (Wildman–Crippen MR) is 103 cm³/mol. The summed E-state index contributed by atoms with van der Waals surface area (Å²) in [5.74, 6) is 0.0617. The van der Waals surface area contributed by atoms with Crippen molar-refractivity contribution in [1.82, 2.24) is 5.32 Å². The topological polar surface area (TPSA) is 49.3 Å². The molecule has 0 bridgehead atoms. The quantitative estimate of drug-likeness (QED) is 0.539. The van der Waals surface area contributed by atoms with Crippen molar-refractivity contribution in [2.45, 2.75) is 25.5 Å².